The predicted molar refractivity (Wildman–Crippen MR) is 95.3 cm³/mol. The van der Waals surface area contributed by atoms with Gasteiger partial charge in [0.05, 0.1) is 0 Å². The minimum Gasteiger partial charge on any atom is -0.484 e. The van der Waals surface area contributed by atoms with E-state index in [2.05, 4.69) is 34.1 Å². The van der Waals surface area contributed by atoms with E-state index in [1.54, 1.807) is 0 Å². The average molecular weight is 372 g/mol. The summed E-state index contributed by atoms with van der Waals surface area (Å²) in [6, 6.07) is 17.8. The minimum atomic E-state index is 0.0216. The quantitative estimate of drug-likeness (QED) is 0.807. The number of hydrogen-bond acceptors (Lipinski definition) is 2. The fourth-order valence-electron chi connectivity index (χ4n) is 2.60. The second-order valence-electron chi connectivity index (χ2n) is 5.43. The van der Waals surface area contributed by atoms with Crippen molar-refractivity contribution in [1.29, 1.82) is 0 Å². The Bertz CT molecular complexity index is 712. The molecule has 0 radical (unpaired) electrons. The first-order valence-corrected chi connectivity index (χ1v) is 8.42. The molecule has 2 aromatic carbocycles. The average Bonchev–Trinajstić information content (AvgIpc) is 2.61. The highest BCUT2D eigenvalue weighted by Crippen LogP contribution is 2.22. The van der Waals surface area contributed by atoms with Crippen LogP contribution in [-0.2, 0) is 4.79 Å². The molecule has 4 heteroatoms. The van der Waals surface area contributed by atoms with E-state index in [9.17, 15) is 4.79 Å². The summed E-state index contributed by atoms with van der Waals surface area (Å²) in [5.41, 5.74) is 2.55. The highest BCUT2D eigenvalue weighted by molar-refractivity contribution is 9.10. The monoisotopic (exact) mass is 371 g/mol. The van der Waals surface area contributed by atoms with Gasteiger partial charge in [-0.1, -0.05) is 58.4 Å². The molecule has 2 aromatic rings. The largest absolute Gasteiger partial charge is 0.484 e. The van der Waals surface area contributed by atoms with Crippen LogP contribution in [0.25, 0.3) is 5.57 Å². The van der Waals surface area contributed by atoms with Crippen molar-refractivity contribution >= 4 is 27.4 Å². The number of amides is 1. The fourth-order valence-corrected chi connectivity index (χ4v) is 2.98. The van der Waals surface area contributed by atoms with Crippen molar-refractivity contribution in [2.24, 2.45) is 0 Å². The molecule has 3 rings (SSSR count). The Hall–Kier alpha value is -2.07. The van der Waals surface area contributed by atoms with Gasteiger partial charge in [-0.05, 0) is 35.8 Å². The van der Waals surface area contributed by atoms with Gasteiger partial charge in [-0.2, -0.15) is 0 Å². The van der Waals surface area contributed by atoms with Crippen LogP contribution < -0.4 is 4.74 Å². The number of ether oxygens (including phenoxy) is 1. The highest BCUT2D eigenvalue weighted by atomic mass is 79.9. The van der Waals surface area contributed by atoms with Crippen LogP contribution in [0.1, 0.15) is 12.0 Å². The van der Waals surface area contributed by atoms with E-state index in [0.717, 1.165) is 17.4 Å². The third-order valence-electron chi connectivity index (χ3n) is 3.86. The van der Waals surface area contributed by atoms with Crippen molar-refractivity contribution in [2.45, 2.75) is 6.42 Å². The third kappa shape index (κ3) is 4.23. The SMILES string of the molecule is O=C(COc1cccc(Br)c1)N1CC=C(c2ccccc2)CC1. The summed E-state index contributed by atoms with van der Waals surface area (Å²) in [6.07, 6.45) is 3.02. The van der Waals surface area contributed by atoms with Crippen molar-refractivity contribution < 1.29 is 9.53 Å². The molecule has 0 aliphatic carbocycles. The maximum atomic E-state index is 12.3. The summed E-state index contributed by atoms with van der Waals surface area (Å²) in [4.78, 5) is 14.1. The smallest absolute Gasteiger partial charge is 0.260 e. The summed E-state index contributed by atoms with van der Waals surface area (Å²) in [5, 5.41) is 0. The fraction of sp³-hybridized carbons (Fsp3) is 0.211. The molecule has 1 aliphatic heterocycles. The number of carbonyl (C=O) groups excluding carboxylic acids is 1. The molecule has 0 fully saturated rings. The Kier molecular flexibility index (Phi) is 5.13. The molecule has 0 atom stereocenters. The van der Waals surface area contributed by atoms with Crippen LogP contribution in [0.3, 0.4) is 0 Å². The van der Waals surface area contributed by atoms with Crippen molar-refractivity contribution in [3.8, 4) is 5.75 Å². The molecule has 23 heavy (non-hydrogen) atoms. The Morgan fingerprint density at radius 1 is 1.13 bits per heavy atom. The van der Waals surface area contributed by atoms with Gasteiger partial charge in [-0.25, -0.2) is 0 Å². The van der Waals surface area contributed by atoms with Crippen LogP contribution in [0.5, 0.6) is 5.75 Å². The Balaban J connectivity index is 1.55. The van der Waals surface area contributed by atoms with E-state index < -0.39 is 0 Å². The molecular weight excluding hydrogens is 354 g/mol. The first kappa shape index (κ1) is 15.8. The van der Waals surface area contributed by atoms with Gasteiger partial charge in [0.1, 0.15) is 5.75 Å². The molecule has 0 bridgehead atoms. The zero-order chi connectivity index (χ0) is 16.1. The van der Waals surface area contributed by atoms with Crippen molar-refractivity contribution in [3.05, 3.63) is 70.7 Å². The molecule has 0 aromatic heterocycles. The minimum absolute atomic E-state index is 0.0216. The second-order valence-corrected chi connectivity index (χ2v) is 6.35. The van der Waals surface area contributed by atoms with Crippen LogP contribution in [0.2, 0.25) is 0 Å². The Morgan fingerprint density at radius 3 is 2.65 bits per heavy atom. The summed E-state index contributed by atoms with van der Waals surface area (Å²) < 4.78 is 6.51. The summed E-state index contributed by atoms with van der Waals surface area (Å²) in [5.74, 6) is 0.721. The lowest BCUT2D eigenvalue weighted by atomic mass is 10.00. The van der Waals surface area contributed by atoms with Gasteiger partial charge in [-0.15, -0.1) is 0 Å². The summed E-state index contributed by atoms with van der Waals surface area (Å²) >= 11 is 3.39. The van der Waals surface area contributed by atoms with Gasteiger partial charge in [-0.3, -0.25) is 4.79 Å². The lowest BCUT2D eigenvalue weighted by molar-refractivity contribution is -0.132. The van der Waals surface area contributed by atoms with Crippen LogP contribution in [0.4, 0.5) is 0 Å². The molecular formula is C19H18BrNO2. The van der Waals surface area contributed by atoms with E-state index in [4.69, 9.17) is 4.74 Å². The number of nitrogens with zero attached hydrogens (tertiary/aromatic N) is 1. The zero-order valence-electron chi connectivity index (χ0n) is 12.7. The lowest BCUT2D eigenvalue weighted by Gasteiger charge is -2.26. The molecule has 3 nitrogen and oxygen atoms in total. The molecule has 0 N–H and O–H groups in total. The van der Waals surface area contributed by atoms with Gasteiger partial charge < -0.3 is 9.64 Å². The highest BCUT2D eigenvalue weighted by Gasteiger charge is 2.18. The predicted octanol–water partition coefficient (Wildman–Crippen LogP) is 4.14. The molecule has 0 saturated heterocycles. The van der Waals surface area contributed by atoms with E-state index in [0.29, 0.717) is 12.3 Å². The topological polar surface area (TPSA) is 29.5 Å². The number of rotatable bonds is 4. The number of hydrogen-bond donors (Lipinski definition) is 0. The second kappa shape index (κ2) is 7.47. The molecule has 0 saturated carbocycles. The number of benzene rings is 2. The summed E-state index contributed by atoms with van der Waals surface area (Å²) in [7, 11) is 0. The van der Waals surface area contributed by atoms with Crippen LogP contribution in [0, 0.1) is 0 Å². The molecule has 1 amide bonds. The van der Waals surface area contributed by atoms with Crippen molar-refractivity contribution in [1.82, 2.24) is 4.90 Å². The standard InChI is InChI=1S/C19H18BrNO2/c20-17-7-4-8-18(13-17)23-14-19(22)21-11-9-16(10-12-21)15-5-2-1-3-6-15/h1-9,13H,10-12,14H2. The van der Waals surface area contributed by atoms with Gasteiger partial charge in [0, 0.05) is 17.6 Å². The van der Waals surface area contributed by atoms with Crippen LogP contribution in [-0.4, -0.2) is 30.5 Å². The molecule has 1 heterocycles. The van der Waals surface area contributed by atoms with E-state index in [1.165, 1.54) is 11.1 Å². The van der Waals surface area contributed by atoms with Crippen molar-refractivity contribution in [2.75, 3.05) is 19.7 Å². The van der Waals surface area contributed by atoms with E-state index >= 15 is 0 Å². The molecule has 0 unspecified atom stereocenters. The van der Waals surface area contributed by atoms with E-state index in [-0.39, 0.29) is 12.5 Å². The maximum Gasteiger partial charge on any atom is 0.260 e. The van der Waals surface area contributed by atoms with Crippen molar-refractivity contribution in [3.63, 3.8) is 0 Å². The van der Waals surface area contributed by atoms with Gasteiger partial charge in [0.25, 0.3) is 5.91 Å². The number of carbonyl (C=O) groups is 1. The normalized spacial score (nSPS) is 14.3. The maximum absolute atomic E-state index is 12.3. The molecule has 0 spiro atoms. The molecule has 1 aliphatic rings. The van der Waals surface area contributed by atoms with Crippen LogP contribution in [0.15, 0.2) is 65.1 Å². The third-order valence-corrected chi connectivity index (χ3v) is 4.36. The molecule has 118 valence electrons. The summed E-state index contributed by atoms with van der Waals surface area (Å²) in [6.45, 7) is 1.46. The Labute approximate surface area is 144 Å². The van der Waals surface area contributed by atoms with E-state index in [1.807, 2.05) is 47.4 Å². The van der Waals surface area contributed by atoms with Gasteiger partial charge in [0.15, 0.2) is 6.61 Å². The van der Waals surface area contributed by atoms with Crippen LogP contribution >= 0.6 is 15.9 Å². The lowest BCUT2D eigenvalue weighted by Crippen LogP contribution is -2.37. The first-order valence-electron chi connectivity index (χ1n) is 7.63. The van der Waals surface area contributed by atoms with Gasteiger partial charge in [0.2, 0.25) is 0 Å². The number of halogens is 1. The van der Waals surface area contributed by atoms with Gasteiger partial charge >= 0.3 is 0 Å². The zero-order valence-corrected chi connectivity index (χ0v) is 14.3. The first-order chi connectivity index (χ1) is 11.2. The Morgan fingerprint density at radius 2 is 1.96 bits per heavy atom.